The third-order valence-electron chi connectivity index (χ3n) is 4.05. The standard InChI is InChI=1S/C17H23Cl2N3O3/c18-12-7-13(19)9-15(8-12)25-11-17(24)22-6-2-1-3-14(22)10-21-16(23)4-5-20/h7-9,14H,1-6,10-11,20H2,(H,21,23). The molecule has 1 saturated heterocycles. The van der Waals surface area contributed by atoms with E-state index in [0.29, 0.717) is 41.8 Å². The maximum atomic E-state index is 12.5. The van der Waals surface area contributed by atoms with E-state index in [0.717, 1.165) is 19.3 Å². The topological polar surface area (TPSA) is 84.7 Å². The molecule has 6 nitrogen and oxygen atoms in total. The first kappa shape index (κ1) is 19.8. The van der Waals surface area contributed by atoms with E-state index in [-0.39, 0.29) is 24.5 Å². The van der Waals surface area contributed by atoms with Crippen LogP contribution in [-0.4, -0.2) is 49.0 Å². The minimum Gasteiger partial charge on any atom is -0.484 e. The van der Waals surface area contributed by atoms with Gasteiger partial charge in [0.1, 0.15) is 5.75 Å². The molecule has 0 bridgehead atoms. The number of hydrogen-bond acceptors (Lipinski definition) is 4. The first-order valence-electron chi connectivity index (χ1n) is 8.34. The van der Waals surface area contributed by atoms with Gasteiger partial charge in [0.2, 0.25) is 5.91 Å². The van der Waals surface area contributed by atoms with Crippen molar-refractivity contribution >= 4 is 35.0 Å². The summed E-state index contributed by atoms with van der Waals surface area (Å²) in [6, 6.07) is 4.81. The molecule has 1 atom stereocenters. The SMILES string of the molecule is NCCC(=O)NCC1CCCCN1C(=O)COc1cc(Cl)cc(Cl)c1. The Hall–Kier alpha value is -1.50. The van der Waals surface area contributed by atoms with Crippen molar-refractivity contribution < 1.29 is 14.3 Å². The Morgan fingerprint density at radius 3 is 2.64 bits per heavy atom. The van der Waals surface area contributed by atoms with Crippen LogP contribution in [0.25, 0.3) is 0 Å². The van der Waals surface area contributed by atoms with Crippen LogP contribution in [0.1, 0.15) is 25.7 Å². The molecule has 0 radical (unpaired) electrons. The number of likely N-dealkylation sites (tertiary alicyclic amines) is 1. The van der Waals surface area contributed by atoms with Crippen molar-refractivity contribution in [3.05, 3.63) is 28.2 Å². The van der Waals surface area contributed by atoms with E-state index in [4.69, 9.17) is 33.7 Å². The highest BCUT2D eigenvalue weighted by molar-refractivity contribution is 6.34. The molecule has 2 amide bonds. The average Bonchev–Trinajstić information content (AvgIpc) is 2.57. The summed E-state index contributed by atoms with van der Waals surface area (Å²) in [6.07, 6.45) is 3.13. The maximum Gasteiger partial charge on any atom is 0.260 e. The van der Waals surface area contributed by atoms with Gasteiger partial charge in [0.05, 0.1) is 0 Å². The number of piperidine rings is 1. The zero-order valence-corrected chi connectivity index (χ0v) is 15.5. The molecule has 0 saturated carbocycles. The third-order valence-corrected chi connectivity index (χ3v) is 4.49. The van der Waals surface area contributed by atoms with Crippen molar-refractivity contribution in [1.29, 1.82) is 0 Å². The Kier molecular flexibility index (Phi) is 7.81. The van der Waals surface area contributed by atoms with Gasteiger partial charge in [0, 0.05) is 42.1 Å². The highest BCUT2D eigenvalue weighted by Crippen LogP contribution is 2.24. The highest BCUT2D eigenvalue weighted by atomic mass is 35.5. The molecular weight excluding hydrogens is 365 g/mol. The van der Waals surface area contributed by atoms with Gasteiger partial charge in [-0.25, -0.2) is 0 Å². The van der Waals surface area contributed by atoms with Gasteiger partial charge in [-0.15, -0.1) is 0 Å². The van der Waals surface area contributed by atoms with Crippen molar-refractivity contribution in [2.75, 3.05) is 26.2 Å². The molecule has 1 aromatic rings. The second-order valence-electron chi connectivity index (χ2n) is 5.97. The van der Waals surface area contributed by atoms with Crippen LogP contribution in [0.15, 0.2) is 18.2 Å². The second kappa shape index (κ2) is 9.85. The summed E-state index contributed by atoms with van der Waals surface area (Å²) >= 11 is 11.8. The van der Waals surface area contributed by atoms with E-state index in [9.17, 15) is 9.59 Å². The predicted molar refractivity (Wildman–Crippen MR) is 98.0 cm³/mol. The van der Waals surface area contributed by atoms with Crippen molar-refractivity contribution in [2.45, 2.75) is 31.7 Å². The Labute approximate surface area is 157 Å². The van der Waals surface area contributed by atoms with Gasteiger partial charge in [-0.1, -0.05) is 23.2 Å². The number of halogens is 2. The van der Waals surface area contributed by atoms with Crippen LogP contribution in [0.3, 0.4) is 0 Å². The number of nitrogens with zero attached hydrogens (tertiary/aromatic N) is 1. The number of carbonyl (C=O) groups is 2. The minimum absolute atomic E-state index is 0.0190. The zero-order valence-electron chi connectivity index (χ0n) is 14.0. The van der Waals surface area contributed by atoms with Crippen molar-refractivity contribution in [3.8, 4) is 5.75 Å². The third kappa shape index (κ3) is 6.38. The summed E-state index contributed by atoms with van der Waals surface area (Å²) in [5.41, 5.74) is 5.37. The number of carbonyl (C=O) groups excluding carboxylic acids is 2. The number of ether oxygens (including phenoxy) is 1. The van der Waals surface area contributed by atoms with Crippen LogP contribution in [0.2, 0.25) is 10.0 Å². The molecule has 138 valence electrons. The van der Waals surface area contributed by atoms with E-state index < -0.39 is 0 Å². The normalized spacial score (nSPS) is 17.2. The highest BCUT2D eigenvalue weighted by Gasteiger charge is 2.27. The van der Waals surface area contributed by atoms with Crippen LogP contribution in [0, 0.1) is 0 Å². The molecule has 8 heteroatoms. The fraction of sp³-hybridized carbons (Fsp3) is 0.529. The maximum absolute atomic E-state index is 12.5. The van der Waals surface area contributed by atoms with Crippen molar-refractivity contribution in [3.63, 3.8) is 0 Å². The van der Waals surface area contributed by atoms with E-state index in [1.807, 2.05) is 0 Å². The first-order valence-corrected chi connectivity index (χ1v) is 9.10. The molecule has 1 aliphatic rings. The molecule has 1 unspecified atom stereocenters. The molecule has 1 heterocycles. The summed E-state index contributed by atoms with van der Waals surface area (Å²) < 4.78 is 5.53. The van der Waals surface area contributed by atoms with Gasteiger partial charge in [0.25, 0.3) is 5.91 Å². The zero-order chi connectivity index (χ0) is 18.2. The molecule has 2 rings (SSSR count). The fourth-order valence-electron chi connectivity index (χ4n) is 2.83. The van der Waals surface area contributed by atoms with Gasteiger partial charge in [-0.05, 0) is 37.5 Å². The first-order chi connectivity index (χ1) is 12.0. The number of benzene rings is 1. The van der Waals surface area contributed by atoms with E-state index in [2.05, 4.69) is 5.32 Å². The fourth-order valence-corrected chi connectivity index (χ4v) is 3.34. The molecule has 25 heavy (non-hydrogen) atoms. The Balaban J connectivity index is 1.89. The lowest BCUT2D eigenvalue weighted by atomic mass is 10.0. The number of nitrogens with two attached hydrogens (primary N) is 1. The number of rotatable bonds is 7. The molecule has 0 aromatic heterocycles. The van der Waals surface area contributed by atoms with Crippen LogP contribution >= 0.6 is 23.2 Å². The van der Waals surface area contributed by atoms with Crippen LogP contribution in [-0.2, 0) is 9.59 Å². The van der Waals surface area contributed by atoms with Gasteiger partial charge in [-0.2, -0.15) is 0 Å². The number of hydrogen-bond donors (Lipinski definition) is 2. The number of amides is 2. The van der Waals surface area contributed by atoms with Gasteiger partial charge in [0.15, 0.2) is 6.61 Å². The molecule has 1 aliphatic heterocycles. The smallest absolute Gasteiger partial charge is 0.260 e. The molecule has 0 aliphatic carbocycles. The van der Waals surface area contributed by atoms with E-state index >= 15 is 0 Å². The quantitative estimate of drug-likeness (QED) is 0.750. The van der Waals surface area contributed by atoms with Gasteiger partial charge in [-0.3, -0.25) is 9.59 Å². The monoisotopic (exact) mass is 387 g/mol. The van der Waals surface area contributed by atoms with E-state index in [1.54, 1.807) is 23.1 Å². The minimum atomic E-state index is -0.117. The van der Waals surface area contributed by atoms with Crippen LogP contribution < -0.4 is 15.8 Å². The largest absolute Gasteiger partial charge is 0.484 e. The summed E-state index contributed by atoms with van der Waals surface area (Å²) in [4.78, 5) is 25.9. The Bertz CT molecular complexity index is 593. The second-order valence-corrected chi connectivity index (χ2v) is 6.85. The van der Waals surface area contributed by atoms with Gasteiger partial charge >= 0.3 is 0 Å². The molecular formula is C17H23Cl2N3O3. The van der Waals surface area contributed by atoms with E-state index in [1.165, 1.54) is 0 Å². The van der Waals surface area contributed by atoms with Crippen molar-refractivity contribution in [2.24, 2.45) is 5.73 Å². The predicted octanol–water partition coefficient (Wildman–Crippen LogP) is 2.22. The lowest BCUT2D eigenvalue weighted by Gasteiger charge is -2.35. The summed E-state index contributed by atoms with van der Waals surface area (Å²) in [7, 11) is 0. The molecule has 0 spiro atoms. The van der Waals surface area contributed by atoms with Crippen molar-refractivity contribution in [1.82, 2.24) is 10.2 Å². The van der Waals surface area contributed by atoms with Crippen LogP contribution in [0.4, 0.5) is 0 Å². The van der Waals surface area contributed by atoms with Crippen LogP contribution in [0.5, 0.6) is 5.75 Å². The molecule has 3 N–H and O–H groups in total. The summed E-state index contributed by atoms with van der Waals surface area (Å²) in [5.74, 6) is 0.245. The lowest BCUT2D eigenvalue weighted by Crippen LogP contribution is -2.50. The number of nitrogens with one attached hydrogen (secondary N) is 1. The average molecular weight is 388 g/mol. The Morgan fingerprint density at radius 1 is 1.24 bits per heavy atom. The summed E-state index contributed by atoms with van der Waals surface area (Å²) in [6.45, 7) is 1.32. The van der Waals surface area contributed by atoms with Gasteiger partial charge < -0.3 is 20.7 Å². The Morgan fingerprint density at radius 2 is 1.96 bits per heavy atom. The lowest BCUT2D eigenvalue weighted by molar-refractivity contribution is -0.137. The molecule has 1 fully saturated rings. The molecule has 1 aromatic carbocycles. The summed E-state index contributed by atoms with van der Waals surface area (Å²) in [5, 5.41) is 3.74.